The van der Waals surface area contributed by atoms with Crippen LogP contribution in [-0.4, -0.2) is 10.2 Å². The summed E-state index contributed by atoms with van der Waals surface area (Å²) in [6, 6.07) is 5.51. The molecule has 0 bridgehead atoms. The van der Waals surface area contributed by atoms with Crippen LogP contribution in [0.15, 0.2) is 18.2 Å². The number of rotatable bonds is 0. The number of hydrogen-bond acceptors (Lipinski definition) is 1. The summed E-state index contributed by atoms with van der Waals surface area (Å²) in [7, 11) is 0. The number of hydrogen-bond donors (Lipinski definition) is 1. The zero-order valence-corrected chi connectivity index (χ0v) is 6.06. The molecule has 11 heavy (non-hydrogen) atoms. The monoisotopic (exact) mass is 150 g/mol. The number of benzene rings is 1. The van der Waals surface area contributed by atoms with Crippen molar-refractivity contribution in [1.29, 1.82) is 0 Å². The Hall–Kier alpha value is -1.38. The first kappa shape index (κ1) is 6.34. The molecular formula is C8H7FN2. The second-order valence-electron chi connectivity index (χ2n) is 2.56. The van der Waals surface area contributed by atoms with E-state index in [0.29, 0.717) is 5.39 Å². The van der Waals surface area contributed by atoms with Gasteiger partial charge in [-0.15, -0.1) is 5.10 Å². The second-order valence-corrected chi connectivity index (χ2v) is 2.56. The van der Waals surface area contributed by atoms with Gasteiger partial charge in [-0.3, -0.25) is 5.10 Å². The SMILES string of the molecule is Cc1ccc2[nH]nc(F)c2c1. The van der Waals surface area contributed by atoms with Crippen LogP contribution in [0, 0.1) is 12.9 Å². The maximum absolute atomic E-state index is 12.8. The molecule has 2 aromatic rings. The zero-order valence-electron chi connectivity index (χ0n) is 6.06. The lowest BCUT2D eigenvalue weighted by molar-refractivity contribution is 0.588. The van der Waals surface area contributed by atoms with Crippen molar-refractivity contribution >= 4 is 10.9 Å². The molecule has 0 amide bonds. The van der Waals surface area contributed by atoms with E-state index < -0.39 is 5.95 Å². The van der Waals surface area contributed by atoms with Crippen molar-refractivity contribution in [3.63, 3.8) is 0 Å². The van der Waals surface area contributed by atoms with E-state index in [-0.39, 0.29) is 0 Å². The number of fused-ring (bicyclic) bond motifs is 1. The number of aromatic amines is 1. The molecule has 1 aromatic carbocycles. The molecule has 0 atom stereocenters. The van der Waals surface area contributed by atoms with Gasteiger partial charge in [-0.2, -0.15) is 4.39 Å². The normalized spacial score (nSPS) is 10.7. The second kappa shape index (κ2) is 2.05. The summed E-state index contributed by atoms with van der Waals surface area (Å²) in [5.41, 5.74) is 1.78. The quantitative estimate of drug-likeness (QED) is 0.611. The molecule has 0 unspecified atom stereocenters. The highest BCUT2D eigenvalue weighted by Gasteiger charge is 2.02. The van der Waals surface area contributed by atoms with Crippen LogP contribution in [0.3, 0.4) is 0 Å². The summed E-state index contributed by atoms with van der Waals surface area (Å²) in [4.78, 5) is 0. The van der Waals surface area contributed by atoms with Crippen LogP contribution in [0.2, 0.25) is 0 Å². The lowest BCUT2D eigenvalue weighted by Gasteiger charge is -1.89. The van der Waals surface area contributed by atoms with Gasteiger partial charge in [0.05, 0.1) is 10.9 Å². The summed E-state index contributed by atoms with van der Waals surface area (Å²) in [6.45, 7) is 1.92. The third-order valence-corrected chi connectivity index (χ3v) is 1.67. The Morgan fingerprint density at radius 3 is 3.09 bits per heavy atom. The van der Waals surface area contributed by atoms with Crippen molar-refractivity contribution in [2.45, 2.75) is 6.92 Å². The predicted molar refractivity (Wildman–Crippen MR) is 40.8 cm³/mol. The van der Waals surface area contributed by atoms with Gasteiger partial charge in [0.15, 0.2) is 0 Å². The summed E-state index contributed by atoms with van der Waals surface area (Å²) in [5.74, 6) is -0.427. The predicted octanol–water partition coefficient (Wildman–Crippen LogP) is 2.01. The minimum absolute atomic E-state index is 0.427. The average molecular weight is 150 g/mol. The van der Waals surface area contributed by atoms with Crippen molar-refractivity contribution in [3.8, 4) is 0 Å². The third-order valence-electron chi connectivity index (χ3n) is 1.67. The Morgan fingerprint density at radius 2 is 2.27 bits per heavy atom. The van der Waals surface area contributed by atoms with Gasteiger partial charge in [-0.05, 0) is 19.1 Å². The van der Waals surface area contributed by atoms with E-state index in [4.69, 9.17) is 0 Å². The van der Waals surface area contributed by atoms with Gasteiger partial charge >= 0.3 is 0 Å². The summed E-state index contributed by atoms with van der Waals surface area (Å²) in [6.07, 6.45) is 0. The van der Waals surface area contributed by atoms with Crippen molar-refractivity contribution in [3.05, 3.63) is 29.7 Å². The standard InChI is InChI=1S/C8H7FN2/c1-5-2-3-7-6(4-5)8(9)11-10-7/h2-4H,1H3,(H,10,11). The molecule has 0 aliphatic heterocycles. The average Bonchev–Trinajstić information content (AvgIpc) is 2.33. The molecule has 2 nitrogen and oxygen atoms in total. The van der Waals surface area contributed by atoms with Crippen LogP contribution in [0.25, 0.3) is 10.9 Å². The molecule has 0 fully saturated rings. The first-order chi connectivity index (χ1) is 5.27. The fourth-order valence-corrected chi connectivity index (χ4v) is 1.10. The van der Waals surface area contributed by atoms with Crippen LogP contribution in [0.4, 0.5) is 4.39 Å². The molecule has 0 aliphatic rings. The van der Waals surface area contributed by atoms with Crippen LogP contribution in [0.5, 0.6) is 0 Å². The molecule has 2 rings (SSSR count). The number of H-pyrrole nitrogens is 1. The van der Waals surface area contributed by atoms with Crippen LogP contribution in [0.1, 0.15) is 5.56 Å². The highest BCUT2D eigenvalue weighted by Crippen LogP contribution is 2.15. The van der Waals surface area contributed by atoms with Gasteiger partial charge < -0.3 is 0 Å². The van der Waals surface area contributed by atoms with Gasteiger partial charge in [0.1, 0.15) is 0 Å². The number of aromatic nitrogens is 2. The Bertz CT molecular complexity index is 392. The van der Waals surface area contributed by atoms with Gasteiger partial charge in [-0.25, -0.2) is 0 Å². The highest BCUT2D eigenvalue weighted by atomic mass is 19.1. The molecule has 3 heteroatoms. The van der Waals surface area contributed by atoms with Crippen LogP contribution < -0.4 is 0 Å². The van der Waals surface area contributed by atoms with E-state index in [1.807, 2.05) is 19.1 Å². The molecule has 56 valence electrons. The Balaban J connectivity index is 2.87. The molecule has 0 saturated heterocycles. The van der Waals surface area contributed by atoms with E-state index in [2.05, 4.69) is 10.2 Å². The number of aryl methyl sites for hydroxylation is 1. The Kier molecular flexibility index (Phi) is 1.18. The Morgan fingerprint density at radius 1 is 1.45 bits per heavy atom. The molecular weight excluding hydrogens is 143 g/mol. The molecule has 0 radical (unpaired) electrons. The summed E-state index contributed by atoms with van der Waals surface area (Å²) in [5, 5.41) is 6.60. The minimum Gasteiger partial charge on any atom is -0.275 e. The van der Waals surface area contributed by atoms with E-state index in [1.165, 1.54) is 0 Å². The fourth-order valence-electron chi connectivity index (χ4n) is 1.10. The summed E-state index contributed by atoms with van der Waals surface area (Å²) >= 11 is 0. The highest BCUT2D eigenvalue weighted by molar-refractivity contribution is 5.79. The molecule has 1 heterocycles. The molecule has 0 saturated carbocycles. The fraction of sp³-hybridized carbons (Fsp3) is 0.125. The third kappa shape index (κ3) is 0.888. The van der Waals surface area contributed by atoms with Crippen molar-refractivity contribution in [2.24, 2.45) is 0 Å². The number of nitrogens with one attached hydrogen (secondary N) is 1. The van der Waals surface area contributed by atoms with E-state index >= 15 is 0 Å². The molecule has 1 N–H and O–H groups in total. The Labute approximate surface area is 63.0 Å². The van der Waals surface area contributed by atoms with Crippen molar-refractivity contribution in [2.75, 3.05) is 0 Å². The smallest absolute Gasteiger partial charge is 0.240 e. The lowest BCUT2D eigenvalue weighted by Crippen LogP contribution is -1.73. The summed E-state index contributed by atoms with van der Waals surface area (Å²) < 4.78 is 12.8. The van der Waals surface area contributed by atoms with Gasteiger partial charge in [-0.1, -0.05) is 11.6 Å². The van der Waals surface area contributed by atoms with Gasteiger partial charge in [0.25, 0.3) is 0 Å². The molecule has 1 aromatic heterocycles. The largest absolute Gasteiger partial charge is 0.275 e. The number of nitrogens with zero attached hydrogens (tertiary/aromatic N) is 1. The van der Waals surface area contributed by atoms with Gasteiger partial charge in [0.2, 0.25) is 5.95 Å². The lowest BCUT2D eigenvalue weighted by atomic mass is 10.2. The van der Waals surface area contributed by atoms with Gasteiger partial charge in [0, 0.05) is 0 Å². The van der Waals surface area contributed by atoms with Crippen LogP contribution >= 0.6 is 0 Å². The van der Waals surface area contributed by atoms with E-state index in [1.54, 1.807) is 6.07 Å². The first-order valence-corrected chi connectivity index (χ1v) is 3.37. The van der Waals surface area contributed by atoms with Crippen LogP contribution in [-0.2, 0) is 0 Å². The molecule has 0 spiro atoms. The van der Waals surface area contributed by atoms with Crippen molar-refractivity contribution < 1.29 is 4.39 Å². The minimum atomic E-state index is -0.427. The zero-order chi connectivity index (χ0) is 7.84. The van der Waals surface area contributed by atoms with E-state index in [9.17, 15) is 4.39 Å². The first-order valence-electron chi connectivity index (χ1n) is 3.37. The number of halogens is 1. The topological polar surface area (TPSA) is 28.7 Å². The molecule has 0 aliphatic carbocycles. The van der Waals surface area contributed by atoms with Crippen molar-refractivity contribution in [1.82, 2.24) is 10.2 Å². The van der Waals surface area contributed by atoms with E-state index in [0.717, 1.165) is 11.1 Å². The maximum Gasteiger partial charge on any atom is 0.240 e. The maximum atomic E-state index is 12.8.